The summed E-state index contributed by atoms with van der Waals surface area (Å²) >= 11 is 2.19. The molecule has 1 unspecified atom stereocenters. The molecule has 2 rings (SSSR count). The zero-order chi connectivity index (χ0) is 17.6. The van der Waals surface area contributed by atoms with Crippen LogP contribution in [0, 0.1) is 14.9 Å². The van der Waals surface area contributed by atoms with Crippen LogP contribution >= 0.6 is 22.6 Å². The van der Waals surface area contributed by atoms with Crippen LogP contribution in [0.4, 0.5) is 4.79 Å². The van der Waals surface area contributed by atoms with E-state index < -0.39 is 23.6 Å². The van der Waals surface area contributed by atoms with E-state index >= 15 is 0 Å². The molecule has 1 heterocycles. The summed E-state index contributed by atoms with van der Waals surface area (Å²) in [4.78, 5) is 23.7. The largest absolute Gasteiger partial charge is 0.465 e. The molecule has 1 aliphatic rings. The number of nitriles is 1. The molecule has 2 amide bonds. The highest BCUT2D eigenvalue weighted by atomic mass is 127. The van der Waals surface area contributed by atoms with E-state index in [1.165, 1.54) is 0 Å². The van der Waals surface area contributed by atoms with E-state index in [0.717, 1.165) is 9.13 Å². The summed E-state index contributed by atoms with van der Waals surface area (Å²) in [6.07, 6.45) is -0.420. The summed E-state index contributed by atoms with van der Waals surface area (Å²) < 4.78 is 6.30. The summed E-state index contributed by atoms with van der Waals surface area (Å²) in [6.45, 7) is 0.587. The zero-order valence-corrected chi connectivity index (χ0v) is 15.1. The van der Waals surface area contributed by atoms with Crippen LogP contribution in [0.3, 0.4) is 0 Å². The van der Waals surface area contributed by atoms with Crippen molar-refractivity contribution < 1.29 is 19.4 Å². The Hall–Kier alpha value is -1.86. The van der Waals surface area contributed by atoms with Gasteiger partial charge in [-0.15, -0.1) is 0 Å². The second-order valence-electron chi connectivity index (χ2n) is 5.61. The lowest BCUT2D eigenvalue weighted by Crippen LogP contribution is -2.62. The maximum Gasteiger partial charge on any atom is 0.405 e. The first-order valence-electron chi connectivity index (χ1n) is 7.49. The van der Waals surface area contributed by atoms with Crippen molar-refractivity contribution in [3.63, 3.8) is 0 Å². The number of ether oxygens (including phenoxy) is 1. The SMILES string of the molecule is N#CC(Cc1ccc(I)cc1)NC(=O)C1(NC(=O)O)CCOCC1. The number of amides is 2. The van der Waals surface area contributed by atoms with E-state index in [2.05, 4.69) is 39.3 Å². The van der Waals surface area contributed by atoms with Gasteiger partial charge in [0, 0.05) is 36.0 Å². The second-order valence-corrected chi connectivity index (χ2v) is 6.86. The van der Waals surface area contributed by atoms with Crippen molar-refractivity contribution in [3.05, 3.63) is 33.4 Å². The van der Waals surface area contributed by atoms with Gasteiger partial charge in [-0.1, -0.05) is 12.1 Å². The van der Waals surface area contributed by atoms with E-state index in [4.69, 9.17) is 9.84 Å². The van der Waals surface area contributed by atoms with Gasteiger partial charge in [0.2, 0.25) is 5.91 Å². The molecule has 0 spiro atoms. The van der Waals surface area contributed by atoms with Crippen molar-refractivity contribution in [1.82, 2.24) is 10.6 Å². The third-order valence-electron chi connectivity index (χ3n) is 3.94. The van der Waals surface area contributed by atoms with Gasteiger partial charge in [0.25, 0.3) is 0 Å². The molecule has 0 aliphatic carbocycles. The number of hydrogen-bond acceptors (Lipinski definition) is 4. The van der Waals surface area contributed by atoms with Gasteiger partial charge >= 0.3 is 6.09 Å². The molecule has 0 saturated carbocycles. The Morgan fingerprint density at radius 2 is 1.96 bits per heavy atom. The number of benzene rings is 1. The smallest absolute Gasteiger partial charge is 0.405 e. The van der Waals surface area contributed by atoms with Crippen molar-refractivity contribution in [2.24, 2.45) is 0 Å². The Bertz CT molecular complexity index is 636. The Morgan fingerprint density at radius 1 is 1.33 bits per heavy atom. The van der Waals surface area contributed by atoms with E-state index in [1.54, 1.807) is 0 Å². The third kappa shape index (κ3) is 4.82. The number of nitrogens with zero attached hydrogens (tertiary/aromatic N) is 1. The van der Waals surface area contributed by atoms with Gasteiger partial charge in [0.15, 0.2) is 0 Å². The number of carbonyl (C=O) groups excluding carboxylic acids is 1. The van der Waals surface area contributed by atoms with Crippen LogP contribution in [0.2, 0.25) is 0 Å². The number of halogens is 1. The molecule has 1 aromatic rings. The Kier molecular flexibility index (Phi) is 6.39. The van der Waals surface area contributed by atoms with Crippen molar-refractivity contribution in [3.8, 4) is 6.07 Å². The lowest BCUT2D eigenvalue weighted by atomic mass is 9.88. The van der Waals surface area contributed by atoms with Gasteiger partial charge in [-0.3, -0.25) is 4.79 Å². The van der Waals surface area contributed by atoms with Crippen LogP contribution in [0.25, 0.3) is 0 Å². The average Bonchev–Trinajstić information content (AvgIpc) is 2.56. The second kappa shape index (κ2) is 8.30. The van der Waals surface area contributed by atoms with Crippen LogP contribution in [0.15, 0.2) is 24.3 Å². The minimum atomic E-state index is -1.27. The monoisotopic (exact) mass is 443 g/mol. The van der Waals surface area contributed by atoms with E-state index in [1.807, 2.05) is 24.3 Å². The minimum Gasteiger partial charge on any atom is -0.465 e. The topological polar surface area (TPSA) is 111 Å². The van der Waals surface area contributed by atoms with Crippen LogP contribution in [0.5, 0.6) is 0 Å². The maximum atomic E-state index is 12.6. The molecule has 1 saturated heterocycles. The number of nitrogens with one attached hydrogen (secondary N) is 2. The fourth-order valence-corrected chi connectivity index (χ4v) is 2.97. The van der Waals surface area contributed by atoms with Gasteiger partial charge in [-0.2, -0.15) is 5.26 Å². The molecule has 0 radical (unpaired) electrons. The molecular weight excluding hydrogens is 425 g/mol. The normalized spacial score (nSPS) is 17.3. The maximum absolute atomic E-state index is 12.6. The van der Waals surface area contributed by atoms with Gasteiger partial charge in [0.1, 0.15) is 11.6 Å². The first kappa shape index (κ1) is 18.5. The fraction of sp³-hybridized carbons (Fsp3) is 0.438. The van der Waals surface area contributed by atoms with E-state index in [-0.39, 0.29) is 12.8 Å². The van der Waals surface area contributed by atoms with E-state index in [9.17, 15) is 14.9 Å². The highest BCUT2D eigenvalue weighted by Gasteiger charge is 2.42. The van der Waals surface area contributed by atoms with Crippen LogP contribution in [0.1, 0.15) is 18.4 Å². The highest BCUT2D eigenvalue weighted by molar-refractivity contribution is 14.1. The Morgan fingerprint density at radius 3 is 2.50 bits per heavy atom. The lowest BCUT2D eigenvalue weighted by Gasteiger charge is -2.36. The van der Waals surface area contributed by atoms with Crippen molar-refractivity contribution in [2.75, 3.05) is 13.2 Å². The zero-order valence-electron chi connectivity index (χ0n) is 12.9. The van der Waals surface area contributed by atoms with Crippen molar-refractivity contribution in [1.29, 1.82) is 5.26 Å². The van der Waals surface area contributed by atoms with Crippen LogP contribution < -0.4 is 10.6 Å². The first-order chi connectivity index (χ1) is 11.4. The van der Waals surface area contributed by atoms with Gasteiger partial charge in [0.05, 0.1) is 6.07 Å². The quantitative estimate of drug-likeness (QED) is 0.600. The van der Waals surface area contributed by atoms with Gasteiger partial charge < -0.3 is 20.5 Å². The molecule has 1 aliphatic heterocycles. The molecular formula is C16H18IN3O4. The van der Waals surface area contributed by atoms with Crippen LogP contribution in [-0.4, -0.2) is 41.9 Å². The van der Waals surface area contributed by atoms with E-state index in [0.29, 0.717) is 19.6 Å². The lowest BCUT2D eigenvalue weighted by molar-refractivity contribution is -0.131. The standard InChI is InChI=1S/C16H18IN3O4/c17-12-3-1-11(2-4-12)9-13(10-18)19-14(21)16(20-15(22)23)5-7-24-8-6-16/h1-4,13,20H,5-9H2,(H,19,21)(H,22,23). The molecule has 7 nitrogen and oxygen atoms in total. The molecule has 24 heavy (non-hydrogen) atoms. The van der Waals surface area contributed by atoms with Gasteiger partial charge in [-0.25, -0.2) is 4.79 Å². The summed E-state index contributed by atoms with van der Waals surface area (Å²) in [7, 11) is 0. The van der Waals surface area contributed by atoms with Gasteiger partial charge in [-0.05, 0) is 40.3 Å². The molecule has 1 atom stereocenters. The molecule has 1 fully saturated rings. The molecule has 0 aromatic heterocycles. The predicted octanol–water partition coefficient (Wildman–Crippen LogP) is 1.66. The number of carbonyl (C=O) groups is 2. The Labute approximate surface area is 153 Å². The molecule has 8 heteroatoms. The summed E-state index contributed by atoms with van der Waals surface area (Å²) in [5.74, 6) is -0.481. The highest BCUT2D eigenvalue weighted by Crippen LogP contribution is 2.21. The molecule has 1 aromatic carbocycles. The average molecular weight is 443 g/mol. The summed E-state index contributed by atoms with van der Waals surface area (Å²) in [5, 5.41) is 23.3. The molecule has 0 bridgehead atoms. The van der Waals surface area contributed by atoms with Crippen molar-refractivity contribution >= 4 is 34.6 Å². The number of carboxylic acid groups (broad SMARTS) is 1. The Balaban J connectivity index is 2.07. The molecule has 3 N–H and O–H groups in total. The first-order valence-corrected chi connectivity index (χ1v) is 8.57. The minimum absolute atomic E-state index is 0.243. The molecule has 128 valence electrons. The predicted molar refractivity (Wildman–Crippen MR) is 94.4 cm³/mol. The number of hydrogen-bond donors (Lipinski definition) is 3. The summed E-state index contributed by atoms with van der Waals surface area (Å²) in [5.41, 5.74) is -0.319. The van der Waals surface area contributed by atoms with Crippen molar-refractivity contribution in [2.45, 2.75) is 30.8 Å². The van der Waals surface area contributed by atoms with Crippen LogP contribution in [-0.2, 0) is 16.0 Å². The third-order valence-corrected chi connectivity index (χ3v) is 4.66. The fourth-order valence-electron chi connectivity index (χ4n) is 2.61. The summed E-state index contributed by atoms with van der Waals surface area (Å²) in [6, 6.07) is 9.00. The number of rotatable bonds is 5.